The van der Waals surface area contributed by atoms with Crippen molar-refractivity contribution in [3.8, 4) is 0 Å². The van der Waals surface area contributed by atoms with Gasteiger partial charge in [0.1, 0.15) is 6.54 Å². The zero-order chi connectivity index (χ0) is 12.9. The molecule has 0 aromatic carbocycles. The van der Waals surface area contributed by atoms with Crippen LogP contribution in [-0.4, -0.2) is 40.0 Å². The van der Waals surface area contributed by atoms with Crippen molar-refractivity contribution >= 4 is 11.9 Å². The number of carbonyl (C=O) groups excluding carboxylic acids is 1. The van der Waals surface area contributed by atoms with E-state index in [1.807, 2.05) is 6.92 Å². The number of hydrogen-bond acceptors (Lipinski definition) is 3. The number of carboxylic acid groups (broad SMARTS) is 1. The Balaban J connectivity index is 4.76. The Hall–Kier alpha value is -1.10. The van der Waals surface area contributed by atoms with Gasteiger partial charge in [-0.1, -0.05) is 13.3 Å². The van der Waals surface area contributed by atoms with E-state index in [1.165, 1.54) is 4.90 Å². The first kappa shape index (κ1) is 14.9. The Kier molecular flexibility index (Phi) is 5.44. The van der Waals surface area contributed by atoms with E-state index in [1.54, 1.807) is 20.8 Å². The summed E-state index contributed by atoms with van der Waals surface area (Å²) in [4.78, 5) is 24.0. The Morgan fingerprint density at radius 2 is 1.88 bits per heavy atom. The summed E-state index contributed by atoms with van der Waals surface area (Å²) in [6.07, 6.45) is 1.38. The lowest BCUT2D eigenvalue weighted by molar-refractivity contribution is -0.149. The summed E-state index contributed by atoms with van der Waals surface area (Å²) in [5.41, 5.74) is 5.19. The lowest BCUT2D eigenvalue weighted by Gasteiger charge is -2.36. The van der Waals surface area contributed by atoms with Gasteiger partial charge in [0.25, 0.3) is 0 Å². The number of hydrogen-bond donors (Lipinski definition) is 2. The fourth-order valence-electron chi connectivity index (χ4n) is 1.42. The smallest absolute Gasteiger partial charge is 0.323 e. The molecule has 0 radical (unpaired) electrons. The maximum atomic E-state index is 12.0. The van der Waals surface area contributed by atoms with Gasteiger partial charge in [-0.05, 0) is 27.2 Å². The van der Waals surface area contributed by atoms with Gasteiger partial charge in [0.2, 0.25) is 5.91 Å². The van der Waals surface area contributed by atoms with Crippen LogP contribution in [0.2, 0.25) is 0 Å². The molecule has 5 heteroatoms. The van der Waals surface area contributed by atoms with Crippen LogP contribution in [0, 0.1) is 0 Å². The molecule has 0 aromatic heterocycles. The fraction of sp³-hybridized carbons (Fsp3) is 0.818. The molecule has 0 aliphatic rings. The SMILES string of the molecule is CCC[C@H](N)C(=O)N(CC(=O)O)C(C)(C)C. The minimum absolute atomic E-state index is 0.295. The zero-order valence-corrected chi connectivity index (χ0v) is 10.5. The standard InChI is InChI=1S/C11H22N2O3/c1-5-6-8(12)10(16)13(7-9(14)15)11(2,3)4/h8H,5-7,12H2,1-4H3,(H,14,15)/t8-/m0/s1. The van der Waals surface area contributed by atoms with E-state index in [0.29, 0.717) is 6.42 Å². The van der Waals surface area contributed by atoms with Crippen molar-refractivity contribution < 1.29 is 14.7 Å². The van der Waals surface area contributed by atoms with Gasteiger partial charge in [-0.15, -0.1) is 0 Å². The highest BCUT2D eigenvalue weighted by atomic mass is 16.4. The molecule has 0 heterocycles. The van der Waals surface area contributed by atoms with Crippen molar-refractivity contribution in [2.75, 3.05) is 6.54 Å². The fourth-order valence-corrected chi connectivity index (χ4v) is 1.42. The maximum Gasteiger partial charge on any atom is 0.323 e. The minimum atomic E-state index is -1.02. The third-order valence-electron chi connectivity index (χ3n) is 2.29. The Bertz CT molecular complexity index is 258. The first-order chi connectivity index (χ1) is 7.20. The van der Waals surface area contributed by atoms with Crippen LogP contribution >= 0.6 is 0 Å². The van der Waals surface area contributed by atoms with E-state index in [9.17, 15) is 9.59 Å². The lowest BCUT2D eigenvalue weighted by Crippen LogP contribution is -2.54. The van der Waals surface area contributed by atoms with E-state index >= 15 is 0 Å². The molecular weight excluding hydrogens is 208 g/mol. The van der Waals surface area contributed by atoms with Crippen molar-refractivity contribution in [3.63, 3.8) is 0 Å². The molecule has 1 amide bonds. The summed E-state index contributed by atoms with van der Waals surface area (Å²) < 4.78 is 0. The van der Waals surface area contributed by atoms with Crippen molar-refractivity contribution in [2.45, 2.75) is 52.1 Å². The van der Waals surface area contributed by atoms with Gasteiger partial charge in [-0.3, -0.25) is 9.59 Å². The quantitative estimate of drug-likeness (QED) is 0.732. The Labute approximate surface area is 96.6 Å². The van der Waals surface area contributed by atoms with Crippen LogP contribution < -0.4 is 5.73 Å². The number of amides is 1. The van der Waals surface area contributed by atoms with Crippen LogP contribution in [-0.2, 0) is 9.59 Å². The third-order valence-corrected chi connectivity index (χ3v) is 2.29. The molecule has 0 spiro atoms. The van der Waals surface area contributed by atoms with E-state index in [2.05, 4.69) is 0 Å². The topological polar surface area (TPSA) is 83.6 Å². The summed E-state index contributed by atoms with van der Waals surface area (Å²) in [6.45, 7) is 7.02. The Morgan fingerprint density at radius 1 is 1.38 bits per heavy atom. The molecule has 0 aliphatic carbocycles. The second kappa shape index (κ2) is 5.84. The van der Waals surface area contributed by atoms with Gasteiger partial charge < -0.3 is 15.7 Å². The van der Waals surface area contributed by atoms with Crippen molar-refractivity contribution in [2.24, 2.45) is 5.73 Å². The highest BCUT2D eigenvalue weighted by Crippen LogP contribution is 2.15. The van der Waals surface area contributed by atoms with E-state index in [-0.39, 0.29) is 12.5 Å². The first-order valence-corrected chi connectivity index (χ1v) is 5.49. The van der Waals surface area contributed by atoms with E-state index in [0.717, 1.165) is 6.42 Å². The maximum absolute atomic E-state index is 12.0. The summed E-state index contributed by atoms with van der Waals surface area (Å²) >= 11 is 0. The predicted molar refractivity (Wildman–Crippen MR) is 62.0 cm³/mol. The molecule has 1 atom stereocenters. The van der Waals surface area contributed by atoms with Crippen LogP contribution in [0.15, 0.2) is 0 Å². The van der Waals surface area contributed by atoms with E-state index < -0.39 is 17.6 Å². The van der Waals surface area contributed by atoms with E-state index in [4.69, 9.17) is 10.8 Å². The number of carboxylic acids is 1. The highest BCUT2D eigenvalue weighted by Gasteiger charge is 2.31. The van der Waals surface area contributed by atoms with Gasteiger partial charge in [0, 0.05) is 5.54 Å². The summed E-state index contributed by atoms with van der Waals surface area (Å²) in [7, 11) is 0. The molecule has 3 N–H and O–H groups in total. The normalized spacial score (nSPS) is 13.3. The molecule has 0 aromatic rings. The van der Waals surface area contributed by atoms with Crippen molar-refractivity contribution in [1.29, 1.82) is 0 Å². The molecule has 0 saturated heterocycles. The average Bonchev–Trinajstić information content (AvgIpc) is 2.11. The first-order valence-electron chi connectivity index (χ1n) is 5.49. The van der Waals surface area contributed by atoms with Gasteiger partial charge >= 0.3 is 5.97 Å². The van der Waals surface area contributed by atoms with Crippen LogP contribution in [0.25, 0.3) is 0 Å². The zero-order valence-electron chi connectivity index (χ0n) is 10.5. The molecule has 0 unspecified atom stereocenters. The van der Waals surface area contributed by atoms with Crippen LogP contribution in [0.1, 0.15) is 40.5 Å². The number of carbonyl (C=O) groups is 2. The highest BCUT2D eigenvalue weighted by molar-refractivity contribution is 5.85. The summed E-state index contributed by atoms with van der Waals surface area (Å²) in [5.74, 6) is -1.32. The molecule has 0 fully saturated rings. The molecule has 94 valence electrons. The molecule has 16 heavy (non-hydrogen) atoms. The molecule has 5 nitrogen and oxygen atoms in total. The second-order valence-electron chi connectivity index (χ2n) is 4.88. The molecule has 0 saturated carbocycles. The van der Waals surface area contributed by atoms with Gasteiger partial charge in [-0.25, -0.2) is 0 Å². The van der Waals surface area contributed by atoms with Gasteiger partial charge in [0.05, 0.1) is 6.04 Å². The van der Waals surface area contributed by atoms with Crippen LogP contribution in [0.3, 0.4) is 0 Å². The molecular formula is C11H22N2O3. The number of nitrogens with two attached hydrogens (primary N) is 1. The average molecular weight is 230 g/mol. The monoisotopic (exact) mass is 230 g/mol. The third kappa shape index (κ3) is 4.61. The Morgan fingerprint density at radius 3 is 2.19 bits per heavy atom. The second-order valence-corrected chi connectivity index (χ2v) is 4.88. The number of nitrogens with zero attached hydrogens (tertiary/aromatic N) is 1. The summed E-state index contributed by atoms with van der Waals surface area (Å²) in [5, 5.41) is 8.77. The molecule has 0 rings (SSSR count). The molecule has 0 bridgehead atoms. The minimum Gasteiger partial charge on any atom is -0.480 e. The van der Waals surface area contributed by atoms with Crippen molar-refractivity contribution in [1.82, 2.24) is 4.90 Å². The van der Waals surface area contributed by atoms with Crippen LogP contribution in [0.4, 0.5) is 0 Å². The summed E-state index contributed by atoms with van der Waals surface area (Å²) in [6, 6.07) is -0.608. The van der Waals surface area contributed by atoms with Crippen LogP contribution in [0.5, 0.6) is 0 Å². The van der Waals surface area contributed by atoms with Crippen molar-refractivity contribution in [3.05, 3.63) is 0 Å². The number of aliphatic carboxylic acids is 1. The van der Waals surface area contributed by atoms with Gasteiger partial charge in [-0.2, -0.15) is 0 Å². The van der Waals surface area contributed by atoms with Gasteiger partial charge in [0.15, 0.2) is 0 Å². The predicted octanol–water partition coefficient (Wildman–Crippen LogP) is 0.825. The lowest BCUT2D eigenvalue weighted by atomic mass is 10.0. The number of rotatable bonds is 5. The largest absolute Gasteiger partial charge is 0.480 e. The molecule has 0 aliphatic heterocycles.